The Hall–Kier alpha value is -0.960. The summed E-state index contributed by atoms with van der Waals surface area (Å²) >= 11 is 0. The van der Waals surface area contributed by atoms with Crippen LogP contribution < -0.4 is 5.32 Å². The summed E-state index contributed by atoms with van der Waals surface area (Å²) in [6.45, 7) is 4.25. The quantitative estimate of drug-likeness (QED) is 0.867. The third kappa shape index (κ3) is 2.08. The average molecular weight is 231 g/mol. The predicted octanol–water partition coefficient (Wildman–Crippen LogP) is 2.34. The summed E-state index contributed by atoms with van der Waals surface area (Å²) in [6, 6.07) is 0. The molecule has 1 saturated carbocycles. The molecule has 2 aliphatic rings. The van der Waals surface area contributed by atoms with Crippen LogP contribution in [0.2, 0.25) is 0 Å². The third-order valence-corrected chi connectivity index (χ3v) is 4.00. The van der Waals surface area contributed by atoms with Gasteiger partial charge in [-0.25, -0.2) is 9.97 Å². The van der Waals surface area contributed by atoms with Crippen molar-refractivity contribution in [3.63, 3.8) is 0 Å². The molecule has 0 atom stereocenters. The lowest BCUT2D eigenvalue weighted by Gasteiger charge is -2.27. The molecule has 3 heteroatoms. The molecule has 0 bridgehead atoms. The highest BCUT2D eigenvalue weighted by molar-refractivity contribution is 5.29. The molecule has 92 valence electrons. The molecule has 1 aromatic heterocycles. The van der Waals surface area contributed by atoms with Crippen molar-refractivity contribution >= 4 is 0 Å². The van der Waals surface area contributed by atoms with E-state index in [1.165, 1.54) is 42.6 Å². The maximum atomic E-state index is 4.86. The summed E-state index contributed by atoms with van der Waals surface area (Å²) in [5.41, 5.74) is 4.05. The molecule has 2 heterocycles. The van der Waals surface area contributed by atoms with Crippen LogP contribution in [0.5, 0.6) is 0 Å². The molecule has 1 N–H and O–H groups in total. The third-order valence-electron chi connectivity index (χ3n) is 4.00. The fourth-order valence-electron chi connectivity index (χ4n) is 2.75. The minimum absolute atomic E-state index is 0.651. The Bertz CT molecular complexity index is 410. The van der Waals surface area contributed by atoms with Gasteiger partial charge in [-0.3, -0.25) is 0 Å². The second-order valence-corrected chi connectivity index (χ2v) is 5.26. The van der Waals surface area contributed by atoms with Crippen LogP contribution in [-0.4, -0.2) is 16.5 Å². The molecule has 1 aliphatic heterocycles. The second-order valence-electron chi connectivity index (χ2n) is 5.26. The van der Waals surface area contributed by atoms with Gasteiger partial charge in [-0.05, 0) is 37.8 Å². The number of hydrogen-bond acceptors (Lipinski definition) is 3. The number of nitrogens with one attached hydrogen (secondary N) is 1. The highest BCUT2D eigenvalue weighted by Gasteiger charge is 2.25. The van der Waals surface area contributed by atoms with Crippen LogP contribution in [0.25, 0.3) is 0 Å². The zero-order valence-corrected chi connectivity index (χ0v) is 10.6. The van der Waals surface area contributed by atoms with Crippen molar-refractivity contribution in [3.8, 4) is 0 Å². The first-order valence-electron chi connectivity index (χ1n) is 6.97. The Morgan fingerprint density at radius 3 is 2.88 bits per heavy atom. The Kier molecular flexibility index (Phi) is 3.10. The molecule has 0 spiro atoms. The first kappa shape index (κ1) is 11.1. The Labute approximate surface area is 103 Å². The van der Waals surface area contributed by atoms with Crippen LogP contribution in [0, 0.1) is 0 Å². The van der Waals surface area contributed by atoms with E-state index in [-0.39, 0.29) is 0 Å². The van der Waals surface area contributed by atoms with E-state index in [1.54, 1.807) is 0 Å². The van der Waals surface area contributed by atoms with Crippen molar-refractivity contribution in [1.82, 2.24) is 15.3 Å². The molecule has 1 aliphatic carbocycles. The monoisotopic (exact) mass is 231 g/mol. The van der Waals surface area contributed by atoms with Crippen LogP contribution >= 0.6 is 0 Å². The van der Waals surface area contributed by atoms with E-state index in [2.05, 4.69) is 12.2 Å². The van der Waals surface area contributed by atoms with Crippen molar-refractivity contribution in [2.24, 2.45) is 0 Å². The van der Waals surface area contributed by atoms with Gasteiger partial charge in [-0.1, -0.05) is 19.8 Å². The molecule has 0 unspecified atom stereocenters. The highest BCUT2D eigenvalue weighted by atomic mass is 15.0. The number of nitrogens with zero attached hydrogens (tertiary/aromatic N) is 2. The number of aryl methyl sites for hydroxylation is 1. The van der Waals surface area contributed by atoms with Gasteiger partial charge >= 0.3 is 0 Å². The topological polar surface area (TPSA) is 37.8 Å². The molecule has 17 heavy (non-hydrogen) atoms. The van der Waals surface area contributed by atoms with Gasteiger partial charge in [-0.2, -0.15) is 0 Å². The number of fused-ring (bicyclic) bond motifs is 1. The Morgan fingerprint density at radius 2 is 2.18 bits per heavy atom. The summed E-state index contributed by atoms with van der Waals surface area (Å²) < 4.78 is 0. The first-order chi connectivity index (χ1) is 8.38. The smallest absolute Gasteiger partial charge is 0.132 e. The molecule has 3 rings (SSSR count). The second kappa shape index (κ2) is 4.73. The fraction of sp³-hybridized carbons (Fsp3) is 0.714. The molecule has 0 saturated heterocycles. The molecule has 3 nitrogen and oxygen atoms in total. The minimum Gasteiger partial charge on any atom is -0.311 e. The van der Waals surface area contributed by atoms with Crippen molar-refractivity contribution in [2.45, 2.75) is 57.9 Å². The lowest BCUT2D eigenvalue weighted by molar-refractivity contribution is 0.397. The van der Waals surface area contributed by atoms with Gasteiger partial charge in [0.1, 0.15) is 5.82 Å². The lowest BCUT2D eigenvalue weighted by atomic mass is 9.84. The number of aromatic nitrogens is 2. The molecule has 0 radical (unpaired) electrons. The van der Waals surface area contributed by atoms with Crippen LogP contribution in [0.15, 0.2) is 0 Å². The maximum absolute atomic E-state index is 4.86. The first-order valence-corrected chi connectivity index (χ1v) is 6.97. The predicted molar refractivity (Wildman–Crippen MR) is 68.0 cm³/mol. The zero-order valence-electron chi connectivity index (χ0n) is 10.6. The summed E-state index contributed by atoms with van der Waals surface area (Å²) in [6.07, 6.45) is 7.34. The Morgan fingerprint density at radius 1 is 1.29 bits per heavy atom. The molecule has 0 aromatic carbocycles. The molecule has 1 fully saturated rings. The van der Waals surface area contributed by atoms with Gasteiger partial charge in [-0.15, -0.1) is 0 Å². The summed E-state index contributed by atoms with van der Waals surface area (Å²) in [4.78, 5) is 9.66. The van der Waals surface area contributed by atoms with E-state index in [0.29, 0.717) is 5.92 Å². The van der Waals surface area contributed by atoms with Gasteiger partial charge in [0.15, 0.2) is 0 Å². The van der Waals surface area contributed by atoms with E-state index < -0.39 is 0 Å². The van der Waals surface area contributed by atoms with Crippen LogP contribution in [0.4, 0.5) is 0 Å². The lowest BCUT2D eigenvalue weighted by Crippen LogP contribution is -2.28. The van der Waals surface area contributed by atoms with Gasteiger partial charge in [0, 0.05) is 18.2 Å². The van der Waals surface area contributed by atoms with Gasteiger partial charge in [0.25, 0.3) is 0 Å². The standard InChI is InChI=1S/C14H21N3/c1-2-4-12-11-7-8-15-9-13(11)17-14(16-12)10-5-3-6-10/h10,15H,2-9H2,1H3. The van der Waals surface area contributed by atoms with E-state index >= 15 is 0 Å². The molecular weight excluding hydrogens is 210 g/mol. The van der Waals surface area contributed by atoms with Crippen LogP contribution in [0.3, 0.4) is 0 Å². The number of hydrogen-bond donors (Lipinski definition) is 1. The van der Waals surface area contributed by atoms with Crippen LogP contribution in [-0.2, 0) is 19.4 Å². The molecule has 0 amide bonds. The Balaban J connectivity index is 1.98. The van der Waals surface area contributed by atoms with Crippen molar-refractivity contribution in [2.75, 3.05) is 6.54 Å². The van der Waals surface area contributed by atoms with E-state index in [9.17, 15) is 0 Å². The van der Waals surface area contributed by atoms with Crippen molar-refractivity contribution < 1.29 is 0 Å². The number of rotatable bonds is 3. The average Bonchev–Trinajstić information content (AvgIpc) is 2.27. The summed E-state index contributed by atoms with van der Waals surface area (Å²) in [5, 5.41) is 3.42. The highest BCUT2D eigenvalue weighted by Crippen LogP contribution is 2.35. The normalized spacial score (nSPS) is 19.8. The van der Waals surface area contributed by atoms with Crippen molar-refractivity contribution in [3.05, 3.63) is 22.8 Å². The van der Waals surface area contributed by atoms with E-state index in [4.69, 9.17) is 9.97 Å². The largest absolute Gasteiger partial charge is 0.311 e. The molecule has 1 aromatic rings. The summed E-state index contributed by atoms with van der Waals surface area (Å²) in [7, 11) is 0. The summed E-state index contributed by atoms with van der Waals surface area (Å²) in [5.74, 6) is 1.78. The van der Waals surface area contributed by atoms with Gasteiger partial charge < -0.3 is 5.32 Å². The minimum atomic E-state index is 0.651. The van der Waals surface area contributed by atoms with Crippen molar-refractivity contribution in [1.29, 1.82) is 0 Å². The maximum Gasteiger partial charge on any atom is 0.132 e. The molecular formula is C14H21N3. The van der Waals surface area contributed by atoms with E-state index in [1.807, 2.05) is 0 Å². The van der Waals surface area contributed by atoms with E-state index in [0.717, 1.165) is 31.8 Å². The fourth-order valence-corrected chi connectivity index (χ4v) is 2.75. The van der Waals surface area contributed by atoms with Gasteiger partial charge in [0.2, 0.25) is 0 Å². The zero-order chi connectivity index (χ0) is 11.7. The van der Waals surface area contributed by atoms with Crippen LogP contribution in [0.1, 0.15) is 61.3 Å². The SMILES string of the molecule is CCCc1nc(C2CCC2)nc2c1CCNC2. The van der Waals surface area contributed by atoms with Gasteiger partial charge in [0.05, 0.1) is 5.69 Å².